The number of thiazole rings is 1. The third-order valence-corrected chi connectivity index (χ3v) is 3.56. The number of nitrogens with one attached hydrogen (secondary N) is 1. The van der Waals surface area contributed by atoms with Crippen LogP contribution in [-0.2, 0) is 6.54 Å². The second-order valence-corrected chi connectivity index (χ2v) is 5.15. The Morgan fingerprint density at radius 3 is 2.85 bits per heavy atom. The van der Waals surface area contributed by atoms with Crippen LogP contribution in [0, 0.1) is 10.1 Å². The van der Waals surface area contributed by atoms with Gasteiger partial charge in [-0.2, -0.15) is 0 Å². The van der Waals surface area contributed by atoms with Crippen LogP contribution in [0.1, 0.15) is 18.9 Å². The van der Waals surface area contributed by atoms with E-state index in [2.05, 4.69) is 5.32 Å². The Bertz CT molecular complexity index is 663. The van der Waals surface area contributed by atoms with Crippen molar-refractivity contribution in [2.24, 2.45) is 0 Å². The van der Waals surface area contributed by atoms with E-state index in [0.717, 1.165) is 23.3 Å². The predicted octanol–water partition coefficient (Wildman–Crippen LogP) is 2.69. The molecule has 1 aromatic heterocycles. The van der Waals surface area contributed by atoms with Gasteiger partial charge in [0.2, 0.25) is 0 Å². The van der Waals surface area contributed by atoms with Gasteiger partial charge in [0.25, 0.3) is 5.69 Å². The molecular formula is C13H15N3O3S. The van der Waals surface area contributed by atoms with E-state index in [4.69, 9.17) is 0 Å². The summed E-state index contributed by atoms with van der Waals surface area (Å²) in [6.07, 6.45) is 2.55. The molecule has 0 radical (unpaired) electrons. The zero-order valence-corrected chi connectivity index (χ0v) is 11.9. The summed E-state index contributed by atoms with van der Waals surface area (Å²) >= 11 is 1.11. The average Bonchev–Trinajstić information content (AvgIpc) is 2.82. The van der Waals surface area contributed by atoms with Crippen molar-refractivity contribution >= 4 is 22.7 Å². The van der Waals surface area contributed by atoms with Crippen LogP contribution in [-0.4, -0.2) is 16.0 Å². The zero-order chi connectivity index (χ0) is 14.5. The first-order valence-electron chi connectivity index (χ1n) is 6.27. The molecule has 0 saturated carbocycles. The molecule has 106 valence electrons. The maximum Gasteiger partial charge on any atom is 0.307 e. The van der Waals surface area contributed by atoms with Crippen molar-refractivity contribution in [3.05, 3.63) is 55.1 Å². The lowest BCUT2D eigenvalue weighted by atomic mass is 10.1. The summed E-state index contributed by atoms with van der Waals surface area (Å²) in [6, 6.07) is 4.91. The van der Waals surface area contributed by atoms with Crippen molar-refractivity contribution in [2.75, 3.05) is 11.9 Å². The number of nitro benzene ring substituents is 1. The largest absolute Gasteiger partial charge is 0.379 e. The third kappa shape index (κ3) is 3.05. The van der Waals surface area contributed by atoms with E-state index in [9.17, 15) is 14.9 Å². The molecule has 0 bridgehead atoms. The van der Waals surface area contributed by atoms with Gasteiger partial charge in [0.1, 0.15) is 5.69 Å². The third-order valence-electron chi connectivity index (χ3n) is 2.86. The molecule has 1 N–H and O–H groups in total. The number of hydrogen-bond donors (Lipinski definition) is 1. The Kier molecular flexibility index (Phi) is 4.52. The summed E-state index contributed by atoms with van der Waals surface area (Å²) in [7, 11) is 0. The topological polar surface area (TPSA) is 77.2 Å². The van der Waals surface area contributed by atoms with E-state index in [1.54, 1.807) is 28.3 Å². The number of nitro groups is 1. The Morgan fingerprint density at radius 1 is 1.45 bits per heavy atom. The van der Waals surface area contributed by atoms with Crippen LogP contribution in [0.2, 0.25) is 0 Å². The second-order valence-electron chi connectivity index (χ2n) is 4.29. The first kappa shape index (κ1) is 14.3. The van der Waals surface area contributed by atoms with Crippen molar-refractivity contribution in [1.82, 2.24) is 4.57 Å². The number of para-hydroxylation sites is 1. The van der Waals surface area contributed by atoms with E-state index >= 15 is 0 Å². The maximum absolute atomic E-state index is 11.6. The highest BCUT2D eigenvalue weighted by Gasteiger charge is 2.17. The summed E-state index contributed by atoms with van der Waals surface area (Å²) in [5.41, 5.74) is 1.28. The van der Waals surface area contributed by atoms with Crippen molar-refractivity contribution in [3.63, 3.8) is 0 Å². The first-order valence-corrected chi connectivity index (χ1v) is 7.15. The molecule has 0 atom stereocenters. The fourth-order valence-electron chi connectivity index (χ4n) is 1.92. The molecule has 2 rings (SSSR count). The molecule has 0 aliphatic carbocycles. The molecule has 1 heterocycles. The zero-order valence-electron chi connectivity index (χ0n) is 11.0. The fraction of sp³-hybridized carbons (Fsp3) is 0.308. The smallest absolute Gasteiger partial charge is 0.307 e. The lowest BCUT2D eigenvalue weighted by Crippen LogP contribution is -2.15. The number of hydrogen-bond acceptors (Lipinski definition) is 5. The lowest BCUT2D eigenvalue weighted by Gasteiger charge is -2.12. The fourth-order valence-corrected chi connectivity index (χ4v) is 2.50. The van der Waals surface area contributed by atoms with Gasteiger partial charge in [0, 0.05) is 29.8 Å². The second kappa shape index (κ2) is 6.33. The van der Waals surface area contributed by atoms with E-state index in [1.807, 2.05) is 6.92 Å². The summed E-state index contributed by atoms with van der Waals surface area (Å²) in [6.45, 7) is 2.97. The Morgan fingerprint density at radius 2 is 2.25 bits per heavy atom. The first-order chi connectivity index (χ1) is 9.63. The Balaban J connectivity index is 2.40. The number of anilines is 1. The van der Waals surface area contributed by atoms with Gasteiger partial charge in [0.05, 0.1) is 11.5 Å². The number of benzene rings is 1. The van der Waals surface area contributed by atoms with Crippen molar-refractivity contribution in [3.8, 4) is 0 Å². The van der Waals surface area contributed by atoms with Crippen LogP contribution in [0.5, 0.6) is 0 Å². The normalized spacial score (nSPS) is 10.4. The molecular weight excluding hydrogens is 278 g/mol. The Hall–Kier alpha value is -2.15. The average molecular weight is 293 g/mol. The molecule has 0 saturated heterocycles. The minimum atomic E-state index is -0.405. The summed E-state index contributed by atoms with van der Waals surface area (Å²) in [5.74, 6) is 0. The van der Waals surface area contributed by atoms with Gasteiger partial charge in [-0.05, 0) is 6.42 Å². The molecule has 7 heteroatoms. The van der Waals surface area contributed by atoms with Crippen molar-refractivity contribution in [1.29, 1.82) is 0 Å². The van der Waals surface area contributed by atoms with Gasteiger partial charge in [0.15, 0.2) is 0 Å². The maximum atomic E-state index is 11.6. The lowest BCUT2D eigenvalue weighted by molar-refractivity contribution is -0.384. The van der Waals surface area contributed by atoms with Gasteiger partial charge in [-0.25, -0.2) is 0 Å². The molecule has 20 heavy (non-hydrogen) atoms. The molecule has 0 spiro atoms. The summed E-state index contributed by atoms with van der Waals surface area (Å²) in [5, 5.41) is 15.9. The van der Waals surface area contributed by atoms with Gasteiger partial charge < -0.3 is 9.88 Å². The number of nitrogens with zero attached hydrogens (tertiary/aromatic N) is 2. The van der Waals surface area contributed by atoms with Gasteiger partial charge in [-0.15, -0.1) is 0 Å². The van der Waals surface area contributed by atoms with Crippen molar-refractivity contribution in [2.45, 2.75) is 19.9 Å². The van der Waals surface area contributed by atoms with Crippen LogP contribution in [0.4, 0.5) is 11.4 Å². The van der Waals surface area contributed by atoms with E-state index < -0.39 is 4.92 Å². The van der Waals surface area contributed by atoms with Crippen LogP contribution < -0.4 is 10.2 Å². The standard InChI is InChI=1S/C13H15N3O3S/c1-2-6-14-12-10(4-3-5-11(12)16(18)19)9-15-7-8-20-13(15)17/h3-5,7-8,14H,2,6,9H2,1H3. The van der Waals surface area contributed by atoms with Crippen LogP contribution in [0.15, 0.2) is 34.6 Å². The number of aromatic nitrogens is 1. The van der Waals surface area contributed by atoms with Crippen molar-refractivity contribution < 1.29 is 4.92 Å². The molecule has 0 fully saturated rings. The minimum absolute atomic E-state index is 0.0410. The van der Waals surface area contributed by atoms with E-state index in [0.29, 0.717) is 18.8 Å². The number of rotatable bonds is 6. The SMILES string of the molecule is CCCNc1c(Cn2ccsc2=O)cccc1[N+](=O)[O-]. The van der Waals surface area contributed by atoms with Gasteiger partial charge in [-0.3, -0.25) is 14.9 Å². The molecule has 6 nitrogen and oxygen atoms in total. The quantitative estimate of drug-likeness (QED) is 0.656. The molecule has 0 amide bonds. The minimum Gasteiger partial charge on any atom is -0.379 e. The summed E-state index contributed by atoms with van der Waals surface area (Å²) in [4.78, 5) is 22.2. The highest BCUT2D eigenvalue weighted by molar-refractivity contribution is 7.07. The monoisotopic (exact) mass is 293 g/mol. The molecule has 0 aliphatic heterocycles. The highest BCUT2D eigenvalue weighted by atomic mass is 32.1. The molecule has 0 aliphatic rings. The summed E-state index contributed by atoms with van der Waals surface area (Å²) < 4.78 is 1.54. The molecule has 1 aromatic carbocycles. The molecule has 0 unspecified atom stereocenters. The van der Waals surface area contributed by atoms with Crippen LogP contribution in [0.25, 0.3) is 0 Å². The van der Waals surface area contributed by atoms with Gasteiger partial charge >= 0.3 is 4.87 Å². The van der Waals surface area contributed by atoms with E-state index in [1.165, 1.54) is 6.07 Å². The predicted molar refractivity (Wildman–Crippen MR) is 79.6 cm³/mol. The van der Waals surface area contributed by atoms with E-state index in [-0.39, 0.29) is 10.6 Å². The highest BCUT2D eigenvalue weighted by Crippen LogP contribution is 2.28. The molecule has 2 aromatic rings. The van der Waals surface area contributed by atoms with Gasteiger partial charge in [-0.1, -0.05) is 30.4 Å². The Labute approximate surface area is 119 Å². The van der Waals surface area contributed by atoms with Crippen LogP contribution >= 0.6 is 11.3 Å². The van der Waals surface area contributed by atoms with Crippen LogP contribution in [0.3, 0.4) is 0 Å².